The van der Waals surface area contributed by atoms with Gasteiger partial charge in [0.05, 0.1) is 21.6 Å². The quantitative estimate of drug-likeness (QED) is 0.506. The molecule has 0 saturated heterocycles. The SMILES string of the molecule is O=C1COc2ccc(S(=O)(=O)n3cc(C4=CCNCC4)c4ncccc43)cc2N1.O=CO. The van der Waals surface area contributed by atoms with Crippen LogP contribution in [0.2, 0.25) is 0 Å². The highest BCUT2D eigenvalue weighted by Gasteiger charge is 2.26. The number of fused-ring (bicyclic) bond motifs is 2. The standard InChI is InChI=1S/C20H18N4O4S.CH2O2/c25-19-12-28-18-4-3-14(10-16(18)23-19)29(26,27)24-11-15(13-5-8-21-9-6-13)20-17(24)2-1-7-22-20;2-1-3/h1-5,7,10-11,21H,6,8-9,12H2,(H,23,25);1H,(H,2,3). The van der Waals surface area contributed by atoms with Crippen LogP contribution in [0.4, 0.5) is 5.69 Å². The molecule has 0 radical (unpaired) electrons. The number of pyridine rings is 1. The van der Waals surface area contributed by atoms with Crippen molar-refractivity contribution >= 4 is 44.7 Å². The molecule has 3 N–H and O–H groups in total. The van der Waals surface area contributed by atoms with E-state index in [0.29, 0.717) is 22.5 Å². The lowest BCUT2D eigenvalue weighted by Gasteiger charge is -2.18. The van der Waals surface area contributed by atoms with E-state index in [9.17, 15) is 13.2 Å². The van der Waals surface area contributed by atoms with Crippen molar-refractivity contribution in [3.63, 3.8) is 0 Å². The van der Waals surface area contributed by atoms with Crippen LogP contribution in [0.1, 0.15) is 12.0 Å². The van der Waals surface area contributed by atoms with Gasteiger partial charge in [-0.15, -0.1) is 0 Å². The van der Waals surface area contributed by atoms with E-state index in [1.165, 1.54) is 16.1 Å². The van der Waals surface area contributed by atoms with E-state index in [-0.39, 0.29) is 23.9 Å². The predicted octanol–water partition coefficient (Wildman–Crippen LogP) is 1.68. The number of hydrogen-bond acceptors (Lipinski definition) is 7. The number of carboxylic acid groups (broad SMARTS) is 1. The number of carbonyl (C=O) groups excluding carboxylic acids is 1. The van der Waals surface area contributed by atoms with Crippen molar-refractivity contribution in [2.75, 3.05) is 25.0 Å². The number of anilines is 1. The van der Waals surface area contributed by atoms with Gasteiger partial charge in [0, 0.05) is 24.5 Å². The third kappa shape index (κ3) is 3.95. The summed E-state index contributed by atoms with van der Waals surface area (Å²) in [6.45, 7) is 1.25. The first-order chi connectivity index (χ1) is 15.5. The van der Waals surface area contributed by atoms with Gasteiger partial charge in [-0.25, -0.2) is 12.4 Å². The van der Waals surface area contributed by atoms with Crippen LogP contribution in [-0.2, 0) is 19.6 Å². The number of nitrogens with one attached hydrogen (secondary N) is 2. The number of rotatable bonds is 3. The zero-order chi connectivity index (χ0) is 22.7. The Morgan fingerprint density at radius 3 is 2.81 bits per heavy atom. The smallest absolute Gasteiger partial charge is 0.290 e. The second-order valence-corrected chi connectivity index (χ2v) is 8.81. The van der Waals surface area contributed by atoms with E-state index in [1.807, 2.05) is 0 Å². The monoisotopic (exact) mass is 456 g/mol. The largest absolute Gasteiger partial charge is 0.483 e. The summed E-state index contributed by atoms with van der Waals surface area (Å²) in [6.07, 6.45) is 6.17. The van der Waals surface area contributed by atoms with Gasteiger partial charge in [0.15, 0.2) is 6.61 Å². The molecule has 10 nitrogen and oxygen atoms in total. The van der Waals surface area contributed by atoms with Gasteiger partial charge in [0.25, 0.3) is 22.4 Å². The molecule has 0 aliphatic carbocycles. The summed E-state index contributed by atoms with van der Waals surface area (Å²) in [5.74, 6) is 0.130. The predicted molar refractivity (Wildman–Crippen MR) is 117 cm³/mol. The Hall–Kier alpha value is -3.70. The van der Waals surface area contributed by atoms with Gasteiger partial charge in [-0.05, 0) is 48.9 Å². The van der Waals surface area contributed by atoms with Crippen molar-refractivity contribution in [3.8, 4) is 5.75 Å². The fourth-order valence-corrected chi connectivity index (χ4v) is 5.05. The first kappa shape index (κ1) is 21.5. The molecule has 11 heteroatoms. The van der Waals surface area contributed by atoms with E-state index in [0.717, 1.165) is 30.6 Å². The highest BCUT2D eigenvalue weighted by Crippen LogP contribution is 2.34. The summed E-state index contributed by atoms with van der Waals surface area (Å²) in [5, 5.41) is 12.8. The van der Waals surface area contributed by atoms with Crippen LogP contribution >= 0.6 is 0 Å². The van der Waals surface area contributed by atoms with E-state index in [4.69, 9.17) is 14.6 Å². The number of nitrogens with zero attached hydrogens (tertiary/aromatic N) is 2. The number of benzene rings is 1. The molecule has 0 unspecified atom stereocenters. The molecule has 5 rings (SSSR count). The molecule has 4 heterocycles. The minimum absolute atomic E-state index is 0.0636. The lowest BCUT2D eigenvalue weighted by atomic mass is 10.0. The van der Waals surface area contributed by atoms with Crippen molar-refractivity contribution in [1.82, 2.24) is 14.3 Å². The molecule has 166 valence electrons. The Balaban J connectivity index is 0.000000775. The molecular weight excluding hydrogens is 436 g/mol. The molecule has 0 saturated carbocycles. The highest BCUT2D eigenvalue weighted by atomic mass is 32.2. The zero-order valence-electron chi connectivity index (χ0n) is 16.8. The van der Waals surface area contributed by atoms with E-state index in [2.05, 4.69) is 21.7 Å². The van der Waals surface area contributed by atoms with Crippen LogP contribution in [0.3, 0.4) is 0 Å². The van der Waals surface area contributed by atoms with E-state index < -0.39 is 10.0 Å². The van der Waals surface area contributed by atoms with Crippen molar-refractivity contribution in [2.24, 2.45) is 0 Å². The first-order valence-electron chi connectivity index (χ1n) is 9.72. The molecule has 1 amide bonds. The Bertz CT molecular complexity index is 1330. The molecular formula is C21H20N4O6S. The second kappa shape index (κ2) is 8.81. The molecule has 2 aromatic heterocycles. The average molecular weight is 456 g/mol. The van der Waals surface area contributed by atoms with Crippen LogP contribution in [0.5, 0.6) is 5.75 Å². The van der Waals surface area contributed by atoms with Gasteiger partial charge in [0.2, 0.25) is 0 Å². The fraction of sp³-hybridized carbons (Fsp3) is 0.190. The maximum absolute atomic E-state index is 13.5. The zero-order valence-corrected chi connectivity index (χ0v) is 17.6. The molecule has 0 fully saturated rings. The lowest BCUT2D eigenvalue weighted by molar-refractivity contribution is -0.123. The van der Waals surface area contributed by atoms with Gasteiger partial charge in [-0.2, -0.15) is 0 Å². The minimum Gasteiger partial charge on any atom is -0.483 e. The van der Waals surface area contributed by atoms with Crippen LogP contribution in [0.15, 0.2) is 53.7 Å². The maximum atomic E-state index is 13.5. The Morgan fingerprint density at radius 1 is 1.25 bits per heavy atom. The molecule has 32 heavy (non-hydrogen) atoms. The average Bonchev–Trinajstić information content (AvgIpc) is 3.20. The Morgan fingerprint density at radius 2 is 2.06 bits per heavy atom. The summed E-state index contributed by atoms with van der Waals surface area (Å²) in [5.41, 5.74) is 3.41. The Labute approximate surface area is 183 Å². The summed E-state index contributed by atoms with van der Waals surface area (Å²) in [7, 11) is -3.91. The van der Waals surface area contributed by atoms with Crippen molar-refractivity contribution < 1.29 is 27.9 Å². The number of amides is 1. The maximum Gasteiger partial charge on any atom is 0.290 e. The number of aromatic nitrogens is 2. The number of carbonyl (C=O) groups is 2. The Kier molecular flexibility index (Phi) is 5.93. The summed E-state index contributed by atoms with van der Waals surface area (Å²) >= 11 is 0. The van der Waals surface area contributed by atoms with Crippen LogP contribution in [0, 0.1) is 0 Å². The number of hydrogen-bond donors (Lipinski definition) is 3. The molecule has 0 bridgehead atoms. The van der Waals surface area contributed by atoms with Crippen molar-refractivity contribution in [1.29, 1.82) is 0 Å². The third-order valence-corrected chi connectivity index (χ3v) is 6.75. The van der Waals surface area contributed by atoms with Gasteiger partial charge in [-0.1, -0.05) is 6.08 Å². The van der Waals surface area contributed by atoms with Gasteiger partial charge in [0.1, 0.15) is 5.75 Å². The van der Waals surface area contributed by atoms with Crippen LogP contribution < -0.4 is 15.4 Å². The van der Waals surface area contributed by atoms with Crippen molar-refractivity contribution in [3.05, 3.63) is 54.4 Å². The summed E-state index contributed by atoms with van der Waals surface area (Å²) in [4.78, 5) is 24.5. The molecule has 2 aliphatic rings. The third-order valence-electron chi connectivity index (χ3n) is 5.08. The topological polar surface area (TPSA) is 140 Å². The molecule has 3 aromatic rings. The normalized spacial score (nSPS) is 15.5. The summed E-state index contributed by atoms with van der Waals surface area (Å²) in [6, 6.07) is 7.93. The van der Waals surface area contributed by atoms with Crippen LogP contribution in [-0.4, -0.2) is 54.6 Å². The highest BCUT2D eigenvalue weighted by molar-refractivity contribution is 7.90. The van der Waals surface area contributed by atoms with Gasteiger partial charge < -0.3 is 20.5 Å². The van der Waals surface area contributed by atoms with E-state index >= 15 is 0 Å². The first-order valence-corrected chi connectivity index (χ1v) is 11.2. The molecule has 2 aliphatic heterocycles. The van der Waals surface area contributed by atoms with Gasteiger partial charge in [-0.3, -0.25) is 14.6 Å². The van der Waals surface area contributed by atoms with Crippen molar-refractivity contribution in [2.45, 2.75) is 11.3 Å². The fourth-order valence-electron chi connectivity index (χ4n) is 3.67. The van der Waals surface area contributed by atoms with E-state index in [1.54, 1.807) is 30.6 Å². The van der Waals surface area contributed by atoms with Gasteiger partial charge >= 0.3 is 0 Å². The minimum atomic E-state index is -3.91. The summed E-state index contributed by atoms with van der Waals surface area (Å²) < 4.78 is 33.5. The molecule has 1 aromatic carbocycles. The molecule has 0 atom stereocenters. The molecule has 0 spiro atoms. The lowest BCUT2D eigenvalue weighted by Crippen LogP contribution is -2.25. The number of ether oxygens (including phenoxy) is 1. The van der Waals surface area contributed by atoms with Crippen LogP contribution in [0.25, 0.3) is 16.6 Å². The second-order valence-electron chi connectivity index (χ2n) is 7.00.